The number of benzene rings is 1. The van der Waals surface area contributed by atoms with Crippen LogP contribution in [0.2, 0.25) is 0 Å². The molecule has 20 heavy (non-hydrogen) atoms. The Hall–Kier alpha value is -1.41. The van der Waals surface area contributed by atoms with E-state index >= 15 is 0 Å². The minimum absolute atomic E-state index is 0.253. The Bertz CT molecular complexity index is 613. The maximum Gasteiger partial charge on any atom is 0.246 e. The third-order valence-electron chi connectivity index (χ3n) is 2.49. The second-order valence-electron chi connectivity index (χ2n) is 5.20. The summed E-state index contributed by atoms with van der Waals surface area (Å²) < 4.78 is 64.8. The molecule has 0 spiro atoms. The predicted octanol–water partition coefficient (Wildman–Crippen LogP) is 2.00. The molecule has 0 radical (unpaired) electrons. The van der Waals surface area contributed by atoms with Gasteiger partial charge in [-0.1, -0.05) is 20.8 Å². The number of nitrogens with one attached hydrogen (secondary N) is 1. The number of carbonyl (C=O) groups is 1. The van der Waals surface area contributed by atoms with E-state index in [1.54, 1.807) is 25.5 Å². The molecule has 112 valence electrons. The molecule has 0 heterocycles. The number of rotatable bonds is 4. The first-order valence-corrected chi connectivity index (χ1v) is 7.11. The van der Waals surface area contributed by atoms with E-state index in [1.807, 2.05) is 0 Å². The minimum atomic E-state index is -4.58. The quantitative estimate of drug-likeness (QED) is 0.925. The Kier molecular flexibility index (Phi) is 4.60. The Balaban J connectivity index is 3.05. The lowest BCUT2D eigenvalue weighted by molar-refractivity contribution is -0.125. The zero-order valence-electron chi connectivity index (χ0n) is 11.1. The predicted molar refractivity (Wildman–Crippen MR) is 66.0 cm³/mol. The van der Waals surface area contributed by atoms with Crippen LogP contribution in [0.5, 0.6) is 0 Å². The molecule has 0 aliphatic heterocycles. The molecule has 0 saturated heterocycles. The maximum atomic E-state index is 13.4. The molecule has 0 bridgehead atoms. The van der Waals surface area contributed by atoms with Crippen LogP contribution in [-0.4, -0.2) is 20.7 Å². The van der Waals surface area contributed by atoms with Crippen LogP contribution in [0.4, 0.5) is 13.2 Å². The van der Waals surface area contributed by atoms with Gasteiger partial charge in [-0.3, -0.25) is 4.79 Å². The van der Waals surface area contributed by atoms with Crippen LogP contribution in [0.1, 0.15) is 20.8 Å². The molecular formula is C12H14F3NO3S. The summed E-state index contributed by atoms with van der Waals surface area (Å²) in [6.45, 7) is 4.11. The lowest BCUT2D eigenvalue weighted by atomic mass is 9.91. The van der Waals surface area contributed by atoms with Crippen molar-refractivity contribution in [3.05, 3.63) is 29.6 Å². The highest BCUT2D eigenvalue weighted by molar-refractivity contribution is 7.89. The fourth-order valence-electron chi connectivity index (χ4n) is 1.28. The van der Waals surface area contributed by atoms with Crippen molar-refractivity contribution in [3.63, 3.8) is 0 Å². The lowest BCUT2D eigenvalue weighted by Gasteiger charge is -2.17. The third-order valence-corrected chi connectivity index (χ3v) is 3.94. The average Bonchev–Trinajstić information content (AvgIpc) is 2.22. The zero-order chi connectivity index (χ0) is 15.7. The van der Waals surface area contributed by atoms with E-state index in [9.17, 15) is 26.4 Å². The molecule has 0 saturated carbocycles. The largest absolute Gasteiger partial charge is 0.298 e. The van der Waals surface area contributed by atoms with E-state index in [4.69, 9.17) is 0 Å². The summed E-state index contributed by atoms with van der Waals surface area (Å²) in [5.41, 5.74) is -0.803. The van der Waals surface area contributed by atoms with Gasteiger partial charge < -0.3 is 0 Å². The Morgan fingerprint density at radius 3 is 2.00 bits per heavy atom. The fourth-order valence-corrected chi connectivity index (χ4v) is 2.38. The summed E-state index contributed by atoms with van der Waals surface area (Å²) in [5.74, 6) is -4.80. The number of hydrogen-bond donors (Lipinski definition) is 1. The van der Waals surface area contributed by atoms with E-state index in [2.05, 4.69) is 0 Å². The molecule has 0 aromatic heterocycles. The van der Waals surface area contributed by atoms with Gasteiger partial charge in [0.2, 0.25) is 10.0 Å². The molecule has 0 unspecified atom stereocenters. The van der Waals surface area contributed by atoms with Gasteiger partial charge in [0.1, 0.15) is 17.5 Å². The van der Waals surface area contributed by atoms with Crippen molar-refractivity contribution in [3.8, 4) is 0 Å². The van der Waals surface area contributed by atoms with E-state index in [-0.39, 0.29) is 12.1 Å². The molecule has 1 N–H and O–H groups in total. The maximum absolute atomic E-state index is 13.4. The topological polar surface area (TPSA) is 63.2 Å². The van der Waals surface area contributed by atoms with Crippen molar-refractivity contribution in [1.29, 1.82) is 0 Å². The van der Waals surface area contributed by atoms with Crippen LogP contribution in [0, 0.1) is 22.9 Å². The Morgan fingerprint density at radius 2 is 1.60 bits per heavy atom. The summed E-state index contributed by atoms with van der Waals surface area (Å²) in [6, 6.07) is 0.506. The third kappa shape index (κ3) is 3.80. The van der Waals surface area contributed by atoms with Crippen LogP contribution in [-0.2, 0) is 14.8 Å². The number of Topliss-reactive ketones (excluding diaryl/α,β-unsaturated/α-hetero) is 1. The van der Waals surface area contributed by atoms with Gasteiger partial charge in [0.05, 0.1) is 6.54 Å². The Labute approximate surface area is 115 Å². The molecule has 8 heteroatoms. The monoisotopic (exact) mass is 309 g/mol. The minimum Gasteiger partial charge on any atom is -0.298 e. The van der Waals surface area contributed by atoms with Crippen LogP contribution in [0.15, 0.2) is 17.0 Å². The lowest BCUT2D eigenvalue weighted by Crippen LogP contribution is -2.36. The Morgan fingerprint density at radius 1 is 1.15 bits per heavy atom. The van der Waals surface area contributed by atoms with E-state index in [1.165, 1.54) is 0 Å². The summed E-state index contributed by atoms with van der Waals surface area (Å²) >= 11 is 0. The first-order valence-electron chi connectivity index (χ1n) is 5.62. The molecule has 0 atom stereocenters. The molecule has 1 aromatic carbocycles. The summed E-state index contributed by atoms with van der Waals surface area (Å²) in [5, 5.41) is 0. The van der Waals surface area contributed by atoms with Gasteiger partial charge in [-0.2, -0.15) is 0 Å². The van der Waals surface area contributed by atoms with Gasteiger partial charge in [0.25, 0.3) is 0 Å². The van der Waals surface area contributed by atoms with Crippen molar-refractivity contribution in [2.24, 2.45) is 5.41 Å². The summed E-state index contributed by atoms with van der Waals surface area (Å²) in [7, 11) is -4.58. The first-order chi connectivity index (χ1) is 8.95. The normalized spacial score (nSPS) is 12.5. The van der Waals surface area contributed by atoms with Gasteiger partial charge in [-0.05, 0) is 0 Å². The number of ketones is 1. The average molecular weight is 309 g/mol. The molecule has 0 fully saturated rings. The zero-order valence-corrected chi connectivity index (χ0v) is 11.9. The van der Waals surface area contributed by atoms with Gasteiger partial charge in [-0.15, -0.1) is 0 Å². The van der Waals surface area contributed by atoms with Crippen molar-refractivity contribution in [1.82, 2.24) is 4.72 Å². The number of hydrogen-bond acceptors (Lipinski definition) is 3. The van der Waals surface area contributed by atoms with Gasteiger partial charge in [0.15, 0.2) is 10.7 Å². The second-order valence-corrected chi connectivity index (χ2v) is 6.90. The molecule has 0 aliphatic carbocycles. The van der Waals surface area contributed by atoms with Crippen molar-refractivity contribution in [2.75, 3.05) is 6.54 Å². The number of halogens is 3. The number of carbonyl (C=O) groups excluding carboxylic acids is 1. The molecule has 0 amide bonds. The van der Waals surface area contributed by atoms with Gasteiger partial charge in [-0.25, -0.2) is 26.3 Å². The van der Waals surface area contributed by atoms with Crippen molar-refractivity contribution < 1.29 is 26.4 Å². The van der Waals surface area contributed by atoms with E-state index < -0.39 is 50.1 Å². The van der Waals surface area contributed by atoms with E-state index in [0.29, 0.717) is 0 Å². The van der Waals surface area contributed by atoms with Crippen molar-refractivity contribution in [2.45, 2.75) is 25.7 Å². The second kappa shape index (κ2) is 5.53. The van der Waals surface area contributed by atoms with Crippen LogP contribution >= 0.6 is 0 Å². The summed E-state index contributed by atoms with van der Waals surface area (Å²) in [4.78, 5) is 10.3. The summed E-state index contributed by atoms with van der Waals surface area (Å²) in [6.07, 6.45) is 0. The van der Waals surface area contributed by atoms with Crippen LogP contribution in [0.3, 0.4) is 0 Å². The van der Waals surface area contributed by atoms with Crippen molar-refractivity contribution >= 4 is 15.8 Å². The van der Waals surface area contributed by atoms with Crippen LogP contribution < -0.4 is 4.72 Å². The fraction of sp³-hybridized carbons (Fsp3) is 0.417. The van der Waals surface area contributed by atoms with Gasteiger partial charge in [0, 0.05) is 17.5 Å². The molecular weight excluding hydrogens is 295 g/mol. The molecule has 0 aliphatic rings. The highest BCUT2D eigenvalue weighted by Crippen LogP contribution is 2.20. The molecule has 1 rings (SSSR count). The standard InChI is InChI=1S/C12H14F3NO3S/c1-12(2,3)10(17)6-16-20(18,19)11-8(14)4-7(13)5-9(11)15/h4-5,16H,6H2,1-3H3. The van der Waals surface area contributed by atoms with Gasteiger partial charge >= 0.3 is 0 Å². The number of sulfonamides is 1. The van der Waals surface area contributed by atoms with E-state index in [0.717, 1.165) is 0 Å². The first kappa shape index (κ1) is 16.6. The smallest absolute Gasteiger partial charge is 0.246 e. The highest BCUT2D eigenvalue weighted by atomic mass is 32.2. The molecule has 4 nitrogen and oxygen atoms in total. The van der Waals surface area contributed by atoms with Crippen LogP contribution in [0.25, 0.3) is 0 Å². The molecule has 1 aromatic rings. The SMILES string of the molecule is CC(C)(C)C(=O)CNS(=O)(=O)c1c(F)cc(F)cc1F. The highest BCUT2D eigenvalue weighted by Gasteiger charge is 2.28.